The zero-order valence-corrected chi connectivity index (χ0v) is 13.1. The van der Waals surface area contributed by atoms with Crippen molar-refractivity contribution in [2.45, 2.75) is 45.2 Å². The van der Waals surface area contributed by atoms with Gasteiger partial charge in [-0.2, -0.15) is 0 Å². The molecule has 0 fully saturated rings. The van der Waals surface area contributed by atoms with Crippen LogP contribution in [-0.4, -0.2) is 23.1 Å². The van der Waals surface area contributed by atoms with Crippen LogP contribution in [0.3, 0.4) is 0 Å². The molecule has 21 heavy (non-hydrogen) atoms. The Labute approximate surface area is 127 Å². The van der Waals surface area contributed by atoms with Crippen LogP contribution in [0.2, 0.25) is 0 Å². The van der Waals surface area contributed by atoms with Gasteiger partial charge in [-0.3, -0.25) is 0 Å². The number of nitrogens with one attached hydrogen (secondary N) is 2. The van der Waals surface area contributed by atoms with Crippen molar-refractivity contribution in [1.29, 1.82) is 0 Å². The molecule has 0 bridgehead atoms. The highest BCUT2D eigenvalue weighted by Crippen LogP contribution is 2.16. The predicted octanol–water partition coefficient (Wildman–Crippen LogP) is 3.48. The average molecular weight is 287 g/mol. The Hall–Kier alpha value is -1.81. The number of aromatic amines is 1. The van der Waals surface area contributed by atoms with Crippen LogP contribution in [0, 0.1) is 0 Å². The van der Waals surface area contributed by atoms with Gasteiger partial charge in [0.05, 0.1) is 13.2 Å². The lowest BCUT2D eigenvalue weighted by atomic mass is 10.0. The molecular weight excluding hydrogens is 262 g/mol. The second-order valence-electron chi connectivity index (χ2n) is 5.39. The van der Waals surface area contributed by atoms with E-state index < -0.39 is 0 Å². The lowest BCUT2D eigenvalue weighted by Crippen LogP contribution is -2.31. The van der Waals surface area contributed by atoms with Gasteiger partial charge in [-0.05, 0) is 43.9 Å². The Morgan fingerprint density at radius 1 is 1.29 bits per heavy atom. The lowest BCUT2D eigenvalue weighted by Gasteiger charge is -2.20. The van der Waals surface area contributed by atoms with Crippen molar-refractivity contribution in [3.8, 4) is 5.75 Å². The van der Waals surface area contributed by atoms with Gasteiger partial charge in [-0.25, -0.2) is 4.98 Å². The Balaban J connectivity index is 1.82. The number of hydrogen-bond acceptors (Lipinski definition) is 3. The number of aromatic nitrogens is 2. The summed E-state index contributed by atoms with van der Waals surface area (Å²) in [6.07, 6.45) is 6.88. The number of benzene rings is 1. The molecule has 1 heterocycles. The predicted molar refractivity (Wildman–Crippen MR) is 85.5 cm³/mol. The van der Waals surface area contributed by atoms with Crippen LogP contribution in [0.4, 0.5) is 0 Å². The topological polar surface area (TPSA) is 49.9 Å². The molecule has 4 nitrogen and oxygen atoms in total. The summed E-state index contributed by atoms with van der Waals surface area (Å²) in [6, 6.07) is 9.05. The summed E-state index contributed by atoms with van der Waals surface area (Å²) in [7, 11) is 1.69. The first kappa shape index (κ1) is 15.6. The molecule has 2 N–H and O–H groups in total. The summed E-state index contributed by atoms with van der Waals surface area (Å²) in [5.41, 5.74) is 1.34. The van der Waals surface area contributed by atoms with Crippen molar-refractivity contribution in [3.05, 3.63) is 48.0 Å². The lowest BCUT2D eigenvalue weighted by molar-refractivity contribution is 0.412. The monoisotopic (exact) mass is 287 g/mol. The van der Waals surface area contributed by atoms with Crippen LogP contribution < -0.4 is 10.1 Å². The van der Waals surface area contributed by atoms with Gasteiger partial charge in [-0.15, -0.1) is 0 Å². The molecule has 1 aromatic heterocycles. The summed E-state index contributed by atoms with van der Waals surface area (Å²) < 4.78 is 5.18. The Kier molecular flexibility index (Phi) is 5.81. The third-order valence-corrected chi connectivity index (χ3v) is 3.77. The van der Waals surface area contributed by atoms with Crippen molar-refractivity contribution in [3.63, 3.8) is 0 Å². The highest BCUT2D eigenvalue weighted by atomic mass is 16.5. The van der Waals surface area contributed by atoms with Crippen molar-refractivity contribution in [2.75, 3.05) is 7.11 Å². The van der Waals surface area contributed by atoms with Crippen LogP contribution in [0.1, 0.15) is 44.1 Å². The molecule has 4 heteroatoms. The fourth-order valence-corrected chi connectivity index (χ4v) is 2.46. The normalized spacial score (nSPS) is 13.9. The zero-order chi connectivity index (χ0) is 15.1. The smallest absolute Gasteiger partial charge is 0.123 e. The number of hydrogen-bond donors (Lipinski definition) is 2. The van der Waals surface area contributed by atoms with Gasteiger partial charge in [0.1, 0.15) is 11.6 Å². The van der Waals surface area contributed by atoms with E-state index in [1.165, 1.54) is 5.56 Å². The van der Waals surface area contributed by atoms with Gasteiger partial charge in [0.25, 0.3) is 0 Å². The molecule has 0 spiro atoms. The number of nitrogens with zero attached hydrogens (tertiary/aromatic N) is 1. The van der Waals surface area contributed by atoms with E-state index in [1.54, 1.807) is 7.11 Å². The molecule has 2 unspecified atom stereocenters. The fraction of sp³-hybridized carbons (Fsp3) is 0.471. The Morgan fingerprint density at radius 2 is 2.05 bits per heavy atom. The average Bonchev–Trinajstić information content (AvgIpc) is 3.05. The first-order valence-electron chi connectivity index (χ1n) is 7.61. The summed E-state index contributed by atoms with van der Waals surface area (Å²) in [5.74, 6) is 1.93. The van der Waals surface area contributed by atoms with E-state index in [4.69, 9.17) is 4.74 Å². The molecule has 0 saturated carbocycles. The van der Waals surface area contributed by atoms with Crippen LogP contribution in [-0.2, 0) is 6.42 Å². The van der Waals surface area contributed by atoms with E-state index in [2.05, 4.69) is 41.3 Å². The largest absolute Gasteiger partial charge is 0.497 e. The Bertz CT molecular complexity index is 507. The molecule has 0 amide bonds. The number of ether oxygens (including phenoxy) is 1. The second-order valence-corrected chi connectivity index (χ2v) is 5.39. The molecule has 0 aliphatic heterocycles. The van der Waals surface area contributed by atoms with Gasteiger partial charge in [0.15, 0.2) is 0 Å². The van der Waals surface area contributed by atoms with Gasteiger partial charge in [0, 0.05) is 18.4 Å². The summed E-state index contributed by atoms with van der Waals surface area (Å²) in [6.45, 7) is 4.41. The van der Waals surface area contributed by atoms with Crippen LogP contribution in [0.5, 0.6) is 5.75 Å². The number of H-pyrrole nitrogens is 1. The minimum atomic E-state index is 0.297. The molecule has 1 aromatic carbocycles. The highest BCUT2D eigenvalue weighted by molar-refractivity contribution is 5.27. The summed E-state index contributed by atoms with van der Waals surface area (Å²) in [5, 5.41) is 3.64. The third kappa shape index (κ3) is 4.60. The van der Waals surface area contributed by atoms with Crippen molar-refractivity contribution < 1.29 is 4.74 Å². The first-order valence-corrected chi connectivity index (χ1v) is 7.61. The summed E-state index contributed by atoms with van der Waals surface area (Å²) in [4.78, 5) is 7.54. The molecule has 0 saturated heterocycles. The second kappa shape index (κ2) is 7.84. The molecule has 114 valence electrons. The molecule has 0 aliphatic rings. The minimum Gasteiger partial charge on any atom is -0.497 e. The fourth-order valence-electron chi connectivity index (χ4n) is 2.46. The van der Waals surface area contributed by atoms with Gasteiger partial charge in [0.2, 0.25) is 0 Å². The number of rotatable bonds is 8. The van der Waals surface area contributed by atoms with Gasteiger partial charge >= 0.3 is 0 Å². The molecule has 2 aromatic rings. The van der Waals surface area contributed by atoms with Crippen LogP contribution in [0.15, 0.2) is 36.7 Å². The van der Waals surface area contributed by atoms with E-state index in [1.807, 2.05) is 24.5 Å². The third-order valence-electron chi connectivity index (χ3n) is 3.77. The van der Waals surface area contributed by atoms with Crippen LogP contribution in [0.25, 0.3) is 0 Å². The number of methoxy groups -OCH3 is 1. The van der Waals surface area contributed by atoms with E-state index in [0.717, 1.165) is 30.8 Å². The van der Waals surface area contributed by atoms with E-state index >= 15 is 0 Å². The highest BCUT2D eigenvalue weighted by Gasteiger charge is 2.14. The van der Waals surface area contributed by atoms with Crippen molar-refractivity contribution in [2.24, 2.45) is 0 Å². The molecule has 0 radical (unpaired) electrons. The first-order chi connectivity index (χ1) is 10.2. The number of imidazole rings is 1. The van der Waals surface area contributed by atoms with Gasteiger partial charge < -0.3 is 15.0 Å². The Morgan fingerprint density at radius 3 is 2.62 bits per heavy atom. The maximum absolute atomic E-state index is 5.18. The van der Waals surface area contributed by atoms with Crippen molar-refractivity contribution >= 4 is 0 Å². The zero-order valence-electron chi connectivity index (χ0n) is 13.1. The van der Waals surface area contributed by atoms with E-state index in [9.17, 15) is 0 Å². The number of aryl methyl sites for hydroxylation is 1. The molecular formula is C17H25N3O. The quantitative estimate of drug-likeness (QED) is 0.781. The van der Waals surface area contributed by atoms with E-state index in [0.29, 0.717) is 12.1 Å². The standard InChI is InChI=1S/C17H25N3O/c1-4-16(17-18-11-12-19-17)20-13(2)5-6-14-7-9-15(21-3)10-8-14/h7-13,16,20H,4-6H2,1-3H3,(H,18,19). The van der Waals surface area contributed by atoms with Gasteiger partial charge in [-0.1, -0.05) is 19.1 Å². The molecule has 2 atom stereocenters. The van der Waals surface area contributed by atoms with Crippen LogP contribution >= 0.6 is 0 Å². The summed E-state index contributed by atoms with van der Waals surface area (Å²) >= 11 is 0. The van der Waals surface area contributed by atoms with Crippen molar-refractivity contribution in [1.82, 2.24) is 15.3 Å². The minimum absolute atomic E-state index is 0.297. The molecule has 0 aliphatic carbocycles. The van der Waals surface area contributed by atoms with E-state index in [-0.39, 0.29) is 0 Å². The molecule has 2 rings (SSSR count). The SMILES string of the molecule is CCC(NC(C)CCc1ccc(OC)cc1)c1ncc[nH]1. The maximum Gasteiger partial charge on any atom is 0.123 e. The maximum atomic E-state index is 5.18.